The smallest absolute Gasteiger partial charge is 0.227 e. The molecule has 10 heteroatoms. The summed E-state index contributed by atoms with van der Waals surface area (Å²) >= 11 is 0. The molecular weight excluding hydrogens is 377 g/mol. The van der Waals surface area contributed by atoms with E-state index in [1.165, 1.54) is 0 Å². The van der Waals surface area contributed by atoms with Crippen LogP contribution >= 0.6 is 0 Å². The third kappa shape index (κ3) is 3.42. The minimum atomic E-state index is -0.533. The molecular formula is C19H18FN7O2. The zero-order chi connectivity index (χ0) is 19.8. The molecule has 0 aromatic carbocycles. The molecule has 3 aromatic heterocycles. The fourth-order valence-corrected chi connectivity index (χ4v) is 3.36. The minimum absolute atomic E-state index is 0.0816. The second-order valence-electron chi connectivity index (χ2n) is 7.00. The van der Waals surface area contributed by atoms with E-state index in [-0.39, 0.29) is 23.6 Å². The maximum Gasteiger partial charge on any atom is 0.227 e. The van der Waals surface area contributed by atoms with Crippen molar-refractivity contribution in [2.24, 2.45) is 0 Å². The Kier molecular flexibility index (Phi) is 4.39. The molecule has 0 radical (unpaired) electrons. The molecule has 0 unspecified atom stereocenters. The molecule has 0 saturated carbocycles. The first-order valence-corrected chi connectivity index (χ1v) is 9.34. The van der Waals surface area contributed by atoms with Gasteiger partial charge in [-0.25, -0.2) is 14.4 Å². The van der Waals surface area contributed by atoms with Crippen molar-refractivity contribution in [3.63, 3.8) is 0 Å². The van der Waals surface area contributed by atoms with Gasteiger partial charge in [0.1, 0.15) is 5.69 Å². The van der Waals surface area contributed by atoms with Crippen molar-refractivity contribution in [1.29, 1.82) is 0 Å². The van der Waals surface area contributed by atoms with Gasteiger partial charge in [0.25, 0.3) is 0 Å². The topological polar surface area (TPSA) is 98.1 Å². The van der Waals surface area contributed by atoms with Crippen LogP contribution in [0, 0.1) is 5.82 Å². The quantitative estimate of drug-likeness (QED) is 0.708. The lowest BCUT2D eigenvalue weighted by Gasteiger charge is -2.25. The first kappa shape index (κ1) is 17.7. The summed E-state index contributed by atoms with van der Waals surface area (Å²) in [5.41, 5.74) is 2.05. The summed E-state index contributed by atoms with van der Waals surface area (Å²) in [7, 11) is 0. The highest BCUT2D eigenvalue weighted by atomic mass is 19.1. The molecule has 2 fully saturated rings. The Hall–Kier alpha value is -3.40. The highest BCUT2D eigenvalue weighted by Crippen LogP contribution is 2.27. The number of nitrogens with zero attached hydrogens (tertiary/aromatic N) is 6. The van der Waals surface area contributed by atoms with E-state index in [0.29, 0.717) is 43.1 Å². The molecule has 0 spiro atoms. The highest BCUT2D eigenvalue weighted by Gasteiger charge is 2.23. The molecule has 0 bridgehead atoms. The van der Waals surface area contributed by atoms with Gasteiger partial charge in [-0.1, -0.05) is 0 Å². The predicted molar refractivity (Wildman–Crippen MR) is 102 cm³/mol. The molecule has 2 saturated heterocycles. The number of hydrogen-bond acceptors (Lipinski definition) is 7. The van der Waals surface area contributed by atoms with Crippen LogP contribution in [0.2, 0.25) is 0 Å². The van der Waals surface area contributed by atoms with Crippen LogP contribution in [0.1, 0.15) is 18.9 Å². The molecule has 9 nitrogen and oxygen atoms in total. The third-order valence-electron chi connectivity index (χ3n) is 4.98. The lowest BCUT2D eigenvalue weighted by atomic mass is 10.2. The van der Waals surface area contributed by atoms with Crippen molar-refractivity contribution in [2.75, 3.05) is 30.0 Å². The summed E-state index contributed by atoms with van der Waals surface area (Å²) in [6, 6.07) is 1.98. The second kappa shape index (κ2) is 7.21. The molecule has 5 heterocycles. The van der Waals surface area contributed by atoms with Crippen molar-refractivity contribution in [3.8, 4) is 11.3 Å². The number of hydrogen-bond donors (Lipinski definition) is 1. The molecule has 148 valence electrons. The average molecular weight is 395 g/mol. The fraction of sp³-hybridized carbons (Fsp3) is 0.316. The number of halogens is 1. The van der Waals surface area contributed by atoms with Crippen molar-refractivity contribution in [3.05, 3.63) is 42.9 Å². The predicted octanol–water partition coefficient (Wildman–Crippen LogP) is 2.32. The lowest BCUT2D eigenvalue weighted by Crippen LogP contribution is -2.30. The summed E-state index contributed by atoms with van der Waals surface area (Å²) < 4.78 is 21.3. The number of nitrogens with one attached hydrogen (secondary N) is 1. The van der Waals surface area contributed by atoms with E-state index in [1.54, 1.807) is 40.4 Å². The second-order valence-corrected chi connectivity index (χ2v) is 7.00. The van der Waals surface area contributed by atoms with Crippen LogP contribution in [0.25, 0.3) is 11.3 Å². The van der Waals surface area contributed by atoms with Crippen molar-refractivity contribution < 1.29 is 13.9 Å². The fourth-order valence-electron chi connectivity index (χ4n) is 3.36. The molecule has 3 aromatic rings. The Morgan fingerprint density at radius 2 is 2.10 bits per heavy atom. The number of anilines is 3. The number of carbonyl (C=O) groups is 1. The van der Waals surface area contributed by atoms with Crippen molar-refractivity contribution in [2.45, 2.75) is 18.9 Å². The van der Waals surface area contributed by atoms with Gasteiger partial charge < -0.3 is 15.0 Å². The normalized spacial score (nSPS) is 16.9. The van der Waals surface area contributed by atoms with Crippen LogP contribution < -0.4 is 10.2 Å². The van der Waals surface area contributed by atoms with Gasteiger partial charge in [0, 0.05) is 24.7 Å². The van der Waals surface area contributed by atoms with Crippen LogP contribution in [-0.2, 0) is 9.53 Å². The minimum Gasteiger partial charge on any atom is -0.377 e. The molecule has 2 aliphatic heterocycles. The zero-order valence-corrected chi connectivity index (χ0v) is 15.5. The Morgan fingerprint density at radius 3 is 2.86 bits per heavy atom. The summed E-state index contributed by atoms with van der Waals surface area (Å²) in [6.07, 6.45) is 9.08. The third-order valence-corrected chi connectivity index (χ3v) is 4.98. The van der Waals surface area contributed by atoms with Gasteiger partial charge in [-0.15, -0.1) is 0 Å². The van der Waals surface area contributed by atoms with Crippen LogP contribution in [0.4, 0.5) is 21.7 Å². The Bertz CT molecular complexity index is 1070. The zero-order valence-electron chi connectivity index (χ0n) is 15.5. The monoisotopic (exact) mass is 395 g/mol. The van der Waals surface area contributed by atoms with Crippen LogP contribution in [-0.4, -0.2) is 50.4 Å². The molecule has 0 atom stereocenters. The molecule has 2 aliphatic rings. The summed E-state index contributed by atoms with van der Waals surface area (Å²) in [5.74, 6) is -0.222. The molecule has 29 heavy (non-hydrogen) atoms. The molecule has 5 rings (SSSR count). The Balaban J connectivity index is 1.39. The van der Waals surface area contributed by atoms with Gasteiger partial charge in [0.2, 0.25) is 11.9 Å². The van der Waals surface area contributed by atoms with E-state index >= 15 is 0 Å². The Morgan fingerprint density at radius 1 is 1.21 bits per heavy atom. The van der Waals surface area contributed by atoms with Gasteiger partial charge in [-0.2, -0.15) is 5.10 Å². The number of carbonyl (C=O) groups excluding carboxylic acids is 1. The van der Waals surface area contributed by atoms with Gasteiger partial charge in [-0.3, -0.25) is 14.5 Å². The van der Waals surface area contributed by atoms with E-state index in [4.69, 9.17) is 4.74 Å². The van der Waals surface area contributed by atoms with Gasteiger partial charge in [0.05, 0.1) is 55.4 Å². The highest BCUT2D eigenvalue weighted by molar-refractivity contribution is 5.95. The lowest BCUT2D eigenvalue weighted by molar-refractivity contribution is -0.117. The number of amides is 1. The molecule has 0 aliphatic carbocycles. The summed E-state index contributed by atoms with van der Waals surface area (Å²) in [4.78, 5) is 26.2. The number of pyridine rings is 1. The number of ether oxygens (including phenoxy) is 1. The summed E-state index contributed by atoms with van der Waals surface area (Å²) in [5, 5.41) is 7.31. The SMILES string of the molecule is O=C1CCCN1c1cncc(Nc2ncc(F)c(-c3cnn(C4COC4)c3)n2)c1. The maximum absolute atomic E-state index is 14.3. The average Bonchev–Trinajstić information content (AvgIpc) is 3.31. The van der Waals surface area contributed by atoms with E-state index in [1.807, 2.05) is 0 Å². The number of rotatable bonds is 5. The van der Waals surface area contributed by atoms with Gasteiger partial charge in [0.15, 0.2) is 5.82 Å². The van der Waals surface area contributed by atoms with Crippen molar-refractivity contribution >= 4 is 23.2 Å². The largest absolute Gasteiger partial charge is 0.377 e. The maximum atomic E-state index is 14.3. The molecule has 1 N–H and O–H groups in total. The van der Waals surface area contributed by atoms with E-state index in [2.05, 4.69) is 25.4 Å². The van der Waals surface area contributed by atoms with Crippen LogP contribution in [0.5, 0.6) is 0 Å². The summed E-state index contributed by atoms with van der Waals surface area (Å²) in [6.45, 7) is 1.88. The number of aromatic nitrogens is 5. The van der Waals surface area contributed by atoms with Crippen LogP contribution in [0.3, 0.4) is 0 Å². The van der Waals surface area contributed by atoms with Crippen molar-refractivity contribution in [1.82, 2.24) is 24.7 Å². The van der Waals surface area contributed by atoms with E-state index in [9.17, 15) is 9.18 Å². The van der Waals surface area contributed by atoms with Gasteiger partial charge in [-0.05, 0) is 12.5 Å². The van der Waals surface area contributed by atoms with Gasteiger partial charge >= 0.3 is 0 Å². The van der Waals surface area contributed by atoms with E-state index in [0.717, 1.165) is 12.6 Å². The standard InChI is InChI=1S/C19H18FN7O2/c20-16-8-22-19(25-18(16)12-5-23-27(9-12)15-10-29-11-15)24-13-4-14(7-21-6-13)26-3-1-2-17(26)28/h4-9,15H,1-3,10-11H2,(H,22,24,25). The van der Waals surface area contributed by atoms with E-state index < -0.39 is 5.82 Å². The molecule has 1 amide bonds. The van der Waals surface area contributed by atoms with Crippen LogP contribution in [0.15, 0.2) is 37.1 Å². The first-order chi connectivity index (χ1) is 14.2. The first-order valence-electron chi connectivity index (χ1n) is 9.34. The Labute approximate surface area is 165 Å².